The van der Waals surface area contributed by atoms with Gasteiger partial charge in [0.1, 0.15) is 0 Å². The SMILES string of the molecule is Cc1cccc(-n2nc(-c3ccccc3)cc2OC(=O)CC(C)C)c1C. The van der Waals surface area contributed by atoms with E-state index in [0.29, 0.717) is 12.3 Å². The van der Waals surface area contributed by atoms with Crippen LogP contribution < -0.4 is 4.74 Å². The Balaban J connectivity index is 2.07. The predicted octanol–water partition coefficient (Wildman–Crippen LogP) is 5.11. The van der Waals surface area contributed by atoms with Crippen molar-refractivity contribution in [3.05, 3.63) is 65.7 Å². The first kappa shape index (κ1) is 17.9. The lowest BCUT2D eigenvalue weighted by molar-refractivity contribution is -0.135. The van der Waals surface area contributed by atoms with Gasteiger partial charge in [0.15, 0.2) is 0 Å². The molecule has 3 rings (SSSR count). The van der Waals surface area contributed by atoms with Gasteiger partial charge in [0, 0.05) is 18.1 Å². The molecular formula is C22H24N2O2. The molecule has 4 heteroatoms. The molecule has 0 aliphatic carbocycles. The van der Waals surface area contributed by atoms with Crippen molar-refractivity contribution in [2.24, 2.45) is 5.92 Å². The van der Waals surface area contributed by atoms with E-state index in [1.807, 2.05) is 69.3 Å². The summed E-state index contributed by atoms with van der Waals surface area (Å²) < 4.78 is 7.39. The smallest absolute Gasteiger partial charge is 0.312 e. The van der Waals surface area contributed by atoms with E-state index in [0.717, 1.165) is 22.5 Å². The van der Waals surface area contributed by atoms with Crippen LogP contribution in [0.4, 0.5) is 0 Å². The van der Waals surface area contributed by atoms with E-state index in [1.165, 1.54) is 5.56 Å². The van der Waals surface area contributed by atoms with Crippen molar-refractivity contribution < 1.29 is 9.53 Å². The third kappa shape index (κ3) is 3.85. The van der Waals surface area contributed by atoms with Crippen LogP contribution in [-0.2, 0) is 4.79 Å². The summed E-state index contributed by atoms with van der Waals surface area (Å²) in [6.07, 6.45) is 0.374. The second-order valence-electron chi connectivity index (χ2n) is 6.94. The first-order chi connectivity index (χ1) is 12.5. The number of hydrogen-bond donors (Lipinski definition) is 0. The minimum absolute atomic E-state index is 0.244. The second-order valence-corrected chi connectivity index (χ2v) is 6.94. The fourth-order valence-corrected chi connectivity index (χ4v) is 2.82. The molecule has 1 aromatic heterocycles. The van der Waals surface area contributed by atoms with Crippen LogP contribution in [-0.4, -0.2) is 15.7 Å². The van der Waals surface area contributed by atoms with Crippen molar-refractivity contribution in [2.45, 2.75) is 34.1 Å². The van der Waals surface area contributed by atoms with Crippen LogP contribution in [0.3, 0.4) is 0 Å². The molecule has 0 N–H and O–H groups in total. The van der Waals surface area contributed by atoms with E-state index in [-0.39, 0.29) is 11.9 Å². The van der Waals surface area contributed by atoms with Crippen LogP contribution in [0.25, 0.3) is 16.9 Å². The molecule has 2 aromatic carbocycles. The van der Waals surface area contributed by atoms with Crippen molar-refractivity contribution in [3.63, 3.8) is 0 Å². The van der Waals surface area contributed by atoms with E-state index in [4.69, 9.17) is 9.84 Å². The molecule has 0 aliphatic heterocycles. The summed E-state index contributed by atoms with van der Waals surface area (Å²) in [5.74, 6) is 0.447. The Kier molecular flexibility index (Phi) is 5.21. The molecule has 3 aromatic rings. The van der Waals surface area contributed by atoms with Crippen molar-refractivity contribution in [1.82, 2.24) is 9.78 Å². The highest BCUT2D eigenvalue weighted by molar-refractivity contribution is 5.73. The lowest BCUT2D eigenvalue weighted by Crippen LogP contribution is -2.14. The maximum Gasteiger partial charge on any atom is 0.312 e. The minimum atomic E-state index is -0.244. The summed E-state index contributed by atoms with van der Waals surface area (Å²) in [4.78, 5) is 12.2. The summed E-state index contributed by atoms with van der Waals surface area (Å²) in [7, 11) is 0. The van der Waals surface area contributed by atoms with Crippen molar-refractivity contribution in [1.29, 1.82) is 0 Å². The van der Waals surface area contributed by atoms with Gasteiger partial charge in [0.05, 0.1) is 11.4 Å². The van der Waals surface area contributed by atoms with Gasteiger partial charge in [-0.2, -0.15) is 9.78 Å². The molecule has 0 unspecified atom stereocenters. The molecular weight excluding hydrogens is 324 g/mol. The molecule has 1 heterocycles. The van der Waals surface area contributed by atoms with Crippen LogP contribution in [0.5, 0.6) is 5.88 Å². The van der Waals surface area contributed by atoms with Crippen LogP contribution in [0.15, 0.2) is 54.6 Å². The Hall–Kier alpha value is -2.88. The number of benzene rings is 2. The van der Waals surface area contributed by atoms with Crippen molar-refractivity contribution in [2.75, 3.05) is 0 Å². The van der Waals surface area contributed by atoms with Crippen molar-refractivity contribution in [3.8, 4) is 22.8 Å². The summed E-state index contributed by atoms with van der Waals surface area (Å²) in [6.45, 7) is 8.11. The summed E-state index contributed by atoms with van der Waals surface area (Å²) in [5.41, 5.74) is 4.95. The number of aromatic nitrogens is 2. The third-order valence-corrected chi connectivity index (χ3v) is 4.34. The third-order valence-electron chi connectivity index (χ3n) is 4.34. The number of nitrogens with zero attached hydrogens (tertiary/aromatic N) is 2. The lowest BCUT2D eigenvalue weighted by Gasteiger charge is -2.12. The average molecular weight is 348 g/mol. The van der Waals surface area contributed by atoms with Gasteiger partial charge in [-0.1, -0.05) is 56.3 Å². The molecule has 0 bridgehead atoms. The van der Waals surface area contributed by atoms with E-state index >= 15 is 0 Å². The Morgan fingerprint density at radius 2 is 1.81 bits per heavy atom. The van der Waals surface area contributed by atoms with Gasteiger partial charge in [0.2, 0.25) is 5.88 Å². The second kappa shape index (κ2) is 7.56. The molecule has 0 aliphatic rings. The standard InChI is InChI=1S/C22H24N2O2/c1-15(2)13-22(25)26-21-14-19(18-10-6-5-7-11-18)23-24(21)20-12-8-9-16(3)17(20)4/h5-12,14-15H,13H2,1-4H3. The summed E-state index contributed by atoms with van der Waals surface area (Å²) >= 11 is 0. The van der Waals surface area contributed by atoms with Gasteiger partial charge in [-0.3, -0.25) is 4.79 Å². The Labute approximate surface area is 154 Å². The van der Waals surface area contributed by atoms with Crippen LogP contribution >= 0.6 is 0 Å². The fraction of sp³-hybridized carbons (Fsp3) is 0.273. The molecule has 0 spiro atoms. The Morgan fingerprint density at radius 1 is 1.08 bits per heavy atom. The molecule has 0 amide bonds. The lowest BCUT2D eigenvalue weighted by atomic mass is 10.1. The largest absolute Gasteiger partial charge is 0.407 e. The van der Waals surface area contributed by atoms with Gasteiger partial charge in [-0.05, 0) is 37.0 Å². The maximum absolute atomic E-state index is 12.2. The van der Waals surface area contributed by atoms with E-state index in [9.17, 15) is 4.79 Å². The Bertz CT molecular complexity index is 911. The molecule has 0 atom stereocenters. The molecule has 0 fully saturated rings. The zero-order valence-corrected chi connectivity index (χ0v) is 15.7. The van der Waals surface area contributed by atoms with Gasteiger partial charge < -0.3 is 4.74 Å². The maximum atomic E-state index is 12.2. The van der Waals surface area contributed by atoms with E-state index in [1.54, 1.807) is 4.68 Å². The van der Waals surface area contributed by atoms with E-state index < -0.39 is 0 Å². The zero-order valence-electron chi connectivity index (χ0n) is 15.7. The first-order valence-electron chi connectivity index (χ1n) is 8.88. The van der Waals surface area contributed by atoms with Gasteiger partial charge >= 0.3 is 5.97 Å². The number of rotatable bonds is 5. The summed E-state index contributed by atoms with van der Waals surface area (Å²) in [5, 5.41) is 4.72. The molecule has 0 radical (unpaired) electrons. The predicted molar refractivity (Wildman–Crippen MR) is 104 cm³/mol. The fourth-order valence-electron chi connectivity index (χ4n) is 2.82. The van der Waals surface area contributed by atoms with Crippen LogP contribution in [0, 0.1) is 19.8 Å². The highest BCUT2D eigenvalue weighted by atomic mass is 16.5. The number of ether oxygens (including phenoxy) is 1. The molecule has 4 nitrogen and oxygen atoms in total. The number of aryl methyl sites for hydroxylation is 1. The summed E-state index contributed by atoms with van der Waals surface area (Å²) in [6, 6.07) is 17.8. The number of carbonyl (C=O) groups excluding carboxylic acids is 1. The highest BCUT2D eigenvalue weighted by Crippen LogP contribution is 2.28. The number of hydrogen-bond acceptors (Lipinski definition) is 3. The van der Waals surface area contributed by atoms with E-state index in [2.05, 4.69) is 13.0 Å². The zero-order chi connectivity index (χ0) is 18.7. The van der Waals surface area contributed by atoms with Crippen LogP contribution in [0.2, 0.25) is 0 Å². The molecule has 134 valence electrons. The van der Waals surface area contributed by atoms with Gasteiger partial charge in [0.25, 0.3) is 0 Å². The average Bonchev–Trinajstić information content (AvgIpc) is 3.01. The van der Waals surface area contributed by atoms with Gasteiger partial charge in [-0.25, -0.2) is 0 Å². The minimum Gasteiger partial charge on any atom is -0.407 e. The number of carbonyl (C=O) groups is 1. The Morgan fingerprint density at radius 3 is 2.50 bits per heavy atom. The van der Waals surface area contributed by atoms with Crippen molar-refractivity contribution >= 4 is 5.97 Å². The normalized spacial score (nSPS) is 11.0. The molecule has 0 saturated heterocycles. The topological polar surface area (TPSA) is 44.1 Å². The highest BCUT2D eigenvalue weighted by Gasteiger charge is 2.18. The van der Waals surface area contributed by atoms with Crippen LogP contribution in [0.1, 0.15) is 31.4 Å². The molecule has 0 saturated carbocycles. The quantitative estimate of drug-likeness (QED) is 0.602. The monoisotopic (exact) mass is 348 g/mol. The first-order valence-corrected chi connectivity index (χ1v) is 8.88. The molecule has 26 heavy (non-hydrogen) atoms. The number of esters is 1. The van der Waals surface area contributed by atoms with Gasteiger partial charge in [-0.15, -0.1) is 0 Å².